The molecule has 1 unspecified atom stereocenters. The Labute approximate surface area is 140 Å². The highest BCUT2D eigenvalue weighted by molar-refractivity contribution is 6.29. The van der Waals surface area contributed by atoms with Crippen LogP contribution in [0.1, 0.15) is 33.1 Å². The van der Waals surface area contributed by atoms with E-state index in [4.69, 9.17) is 27.2 Å². The van der Waals surface area contributed by atoms with Crippen molar-refractivity contribution in [3.8, 4) is 0 Å². The summed E-state index contributed by atoms with van der Waals surface area (Å²) in [5.41, 5.74) is 0.656. The molecule has 0 aliphatic carbocycles. The van der Waals surface area contributed by atoms with E-state index in [1.54, 1.807) is 18.0 Å². The van der Waals surface area contributed by atoms with E-state index in [0.29, 0.717) is 30.6 Å². The van der Waals surface area contributed by atoms with Crippen LogP contribution < -0.4 is 9.80 Å². The Morgan fingerprint density at radius 1 is 1.43 bits per heavy atom. The number of ether oxygens (including phenoxy) is 1. The zero-order valence-electron chi connectivity index (χ0n) is 13.3. The van der Waals surface area contributed by atoms with Gasteiger partial charge in [0, 0.05) is 19.3 Å². The highest BCUT2D eigenvalue weighted by Gasteiger charge is 2.40. The highest BCUT2D eigenvalue weighted by atomic mass is 35.5. The largest absolute Gasteiger partial charge is 0.381 e. The Kier molecular flexibility index (Phi) is 4.50. The van der Waals surface area contributed by atoms with Crippen molar-refractivity contribution in [1.29, 1.82) is 10.8 Å². The third kappa shape index (κ3) is 2.79. The van der Waals surface area contributed by atoms with Crippen LogP contribution in [0.5, 0.6) is 0 Å². The first-order valence-electron chi connectivity index (χ1n) is 7.87. The molecule has 2 aliphatic rings. The predicted molar refractivity (Wildman–Crippen MR) is 91.0 cm³/mol. The third-order valence-corrected chi connectivity index (χ3v) is 4.59. The summed E-state index contributed by atoms with van der Waals surface area (Å²) >= 11 is 6.04. The Morgan fingerprint density at radius 3 is 2.74 bits per heavy atom. The van der Waals surface area contributed by atoms with E-state index in [1.807, 2.05) is 0 Å². The van der Waals surface area contributed by atoms with Gasteiger partial charge in [0.15, 0.2) is 5.82 Å². The quantitative estimate of drug-likeness (QED) is 0.492. The van der Waals surface area contributed by atoms with Gasteiger partial charge in [-0.3, -0.25) is 15.7 Å². The molecule has 1 atom stereocenters. The molecule has 0 radical (unpaired) electrons. The Hall–Kier alpha value is -1.73. The summed E-state index contributed by atoms with van der Waals surface area (Å²) in [6, 6.07) is 0.129. The minimum absolute atomic E-state index is 0.128. The molecular formula is C15H21ClN6O. The lowest BCUT2D eigenvalue weighted by atomic mass is 9.99. The number of anilines is 2. The van der Waals surface area contributed by atoms with E-state index in [-0.39, 0.29) is 23.2 Å². The number of nitrogens with zero attached hydrogens (tertiary/aromatic N) is 4. The summed E-state index contributed by atoms with van der Waals surface area (Å²) in [5, 5.41) is 16.8. The van der Waals surface area contributed by atoms with Crippen molar-refractivity contribution in [3.05, 3.63) is 11.5 Å². The van der Waals surface area contributed by atoms with E-state index in [1.165, 1.54) is 0 Å². The highest BCUT2D eigenvalue weighted by Crippen LogP contribution is 2.38. The number of hydrogen-bond donors (Lipinski definition) is 2. The number of fused-ring (bicyclic) bond motifs is 1. The molecule has 0 aromatic carbocycles. The van der Waals surface area contributed by atoms with Gasteiger partial charge in [0.1, 0.15) is 17.4 Å². The van der Waals surface area contributed by atoms with Crippen molar-refractivity contribution >= 4 is 34.8 Å². The second-order valence-electron chi connectivity index (χ2n) is 5.83. The van der Waals surface area contributed by atoms with Crippen LogP contribution in [-0.2, 0) is 4.74 Å². The fraction of sp³-hybridized carbons (Fsp3) is 0.600. The molecule has 7 nitrogen and oxygen atoms in total. The second kappa shape index (κ2) is 6.41. The van der Waals surface area contributed by atoms with E-state index < -0.39 is 0 Å². The average molecular weight is 337 g/mol. The molecule has 2 aliphatic heterocycles. The fourth-order valence-corrected chi connectivity index (χ4v) is 3.52. The standard InChI is InChI=1S/C15H21ClN6O/c1-3-11-13(18)21(9(2)17)12-8-19-15(16)20-14(12)22(11)10-4-6-23-7-5-10/h8,10-11,17-18H,3-7H2,1-2H3. The maximum atomic E-state index is 8.59. The molecule has 0 spiro atoms. The van der Waals surface area contributed by atoms with Crippen molar-refractivity contribution in [2.45, 2.75) is 45.2 Å². The number of nitrogens with one attached hydrogen (secondary N) is 2. The summed E-state index contributed by atoms with van der Waals surface area (Å²) < 4.78 is 5.47. The second-order valence-corrected chi connectivity index (χ2v) is 6.17. The van der Waals surface area contributed by atoms with Gasteiger partial charge in [-0.25, -0.2) is 4.98 Å². The number of rotatable bonds is 2. The monoisotopic (exact) mass is 336 g/mol. The molecule has 1 saturated heterocycles. The molecule has 0 saturated carbocycles. The molecule has 1 fully saturated rings. The van der Waals surface area contributed by atoms with Crippen LogP contribution in [0.25, 0.3) is 0 Å². The van der Waals surface area contributed by atoms with Gasteiger partial charge in [-0.15, -0.1) is 0 Å². The van der Waals surface area contributed by atoms with Crippen LogP contribution >= 0.6 is 11.6 Å². The number of hydrogen-bond acceptors (Lipinski definition) is 6. The molecule has 3 rings (SSSR count). The van der Waals surface area contributed by atoms with Crippen LogP contribution in [0.2, 0.25) is 5.28 Å². The van der Waals surface area contributed by atoms with E-state index in [2.05, 4.69) is 21.8 Å². The van der Waals surface area contributed by atoms with Gasteiger partial charge in [0.2, 0.25) is 5.28 Å². The summed E-state index contributed by atoms with van der Waals surface area (Å²) in [7, 11) is 0. The summed E-state index contributed by atoms with van der Waals surface area (Å²) in [6.07, 6.45) is 4.17. The number of amidine groups is 2. The zero-order chi connectivity index (χ0) is 16.6. The first-order chi connectivity index (χ1) is 11.0. The van der Waals surface area contributed by atoms with Crippen LogP contribution in [0, 0.1) is 10.8 Å². The smallest absolute Gasteiger partial charge is 0.224 e. The SMILES string of the molecule is CCC1C(=N)N(C(C)=N)c2cnc(Cl)nc2N1C1CCOCC1. The van der Waals surface area contributed by atoms with Gasteiger partial charge in [-0.05, 0) is 37.8 Å². The lowest BCUT2D eigenvalue weighted by Gasteiger charge is -2.47. The summed E-state index contributed by atoms with van der Waals surface area (Å²) in [4.78, 5) is 12.3. The molecular weight excluding hydrogens is 316 g/mol. The topological polar surface area (TPSA) is 89.2 Å². The summed E-state index contributed by atoms with van der Waals surface area (Å²) in [5.74, 6) is 1.39. The van der Waals surface area contributed by atoms with Crippen molar-refractivity contribution in [2.75, 3.05) is 23.0 Å². The Morgan fingerprint density at radius 2 is 2.13 bits per heavy atom. The third-order valence-electron chi connectivity index (χ3n) is 4.40. The van der Waals surface area contributed by atoms with Gasteiger partial charge >= 0.3 is 0 Å². The van der Waals surface area contributed by atoms with Gasteiger partial charge in [0.25, 0.3) is 0 Å². The van der Waals surface area contributed by atoms with Crippen LogP contribution in [0.15, 0.2) is 6.20 Å². The molecule has 23 heavy (non-hydrogen) atoms. The molecule has 8 heteroatoms. The molecule has 1 aromatic rings. The molecule has 0 bridgehead atoms. The van der Waals surface area contributed by atoms with Crippen LogP contribution in [0.3, 0.4) is 0 Å². The van der Waals surface area contributed by atoms with Gasteiger partial charge in [0.05, 0.1) is 12.2 Å². The lowest BCUT2D eigenvalue weighted by molar-refractivity contribution is 0.0833. The zero-order valence-corrected chi connectivity index (χ0v) is 14.1. The van der Waals surface area contributed by atoms with Crippen molar-refractivity contribution < 1.29 is 4.74 Å². The molecule has 124 valence electrons. The van der Waals surface area contributed by atoms with Crippen molar-refractivity contribution in [3.63, 3.8) is 0 Å². The van der Waals surface area contributed by atoms with Gasteiger partial charge in [-0.2, -0.15) is 4.98 Å². The number of aromatic nitrogens is 2. The number of halogens is 1. The lowest BCUT2D eigenvalue weighted by Crippen LogP contribution is -2.58. The Bertz CT molecular complexity index is 630. The van der Waals surface area contributed by atoms with Gasteiger partial charge < -0.3 is 9.64 Å². The van der Waals surface area contributed by atoms with Crippen LogP contribution in [0.4, 0.5) is 11.5 Å². The molecule has 2 N–H and O–H groups in total. The minimum Gasteiger partial charge on any atom is -0.381 e. The van der Waals surface area contributed by atoms with Gasteiger partial charge in [-0.1, -0.05) is 6.92 Å². The van der Waals surface area contributed by atoms with Crippen molar-refractivity contribution in [2.24, 2.45) is 0 Å². The van der Waals surface area contributed by atoms with E-state index in [0.717, 1.165) is 19.3 Å². The minimum atomic E-state index is -0.128. The fourth-order valence-electron chi connectivity index (χ4n) is 3.39. The average Bonchev–Trinajstić information content (AvgIpc) is 2.54. The van der Waals surface area contributed by atoms with Crippen molar-refractivity contribution in [1.82, 2.24) is 9.97 Å². The predicted octanol–water partition coefficient (Wildman–Crippen LogP) is 2.69. The maximum Gasteiger partial charge on any atom is 0.224 e. The normalized spacial score (nSPS) is 22.2. The molecule has 3 heterocycles. The first-order valence-corrected chi connectivity index (χ1v) is 8.24. The first kappa shape index (κ1) is 16.1. The van der Waals surface area contributed by atoms with E-state index in [9.17, 15) is 0 Å². The Balaban J connectivity index is 2.12. The molecule has 1 aromatic heterocycles. The maximum absolute atomic E-state index is 8.59. The van der Waals surface area contributed by atoms with Crippen LogP contribution in [-0.4, -0.2) is 46.9 Å². The van der Waals surface area contributed by atoms with E-state index >= 15 is 0 Å². The summed E-state index contributed by atoms with van der Waals surface area (Å²) in [6.45, 7) is 5.15. The molecule has 0 amide bonds.